The lowest BCUT2D eigenvalue weighted by atomic mass is 10.0. The lowest BCUT2D eigenvalue weighted by molar-refractivity contribution is 0.378. The molecule has 1 aliphatic rings. The summed E-state index contributed by atoms with van der Waals surface area (Å²) in [5.41, 5.74) is 3.21. The van der Waals surface area contributed by atoms with Crippen molar-refractivity contribution in [3.63, 3.8) is 0 Å². The highest BCUT2D eigenvalue weighted by Gasteiger charge is 2.44. The van der Waals surface area contributed by atoms with Gasteiger partial charge in [-0.1, -0.05) is 48.5 Å². The molecule has 7 heteroatoms. The van der Waals surface area contributed by atoms with E-state index in [2.05, 4.69) is 33.9 Å². The molecule has 0 bridgehead atoms. The Hall–Kier alpha value is -2.51. The third-order valence-electron chi connectivity index (χ3n) is 4.87. The summed E-state index contributed by atoms with van der Waals surface area (Å²) in [6, 6.07) is 14.9. The Morgan fingerprint density at radius 1 is 1.15 bits per heavy atom. The molecule has 0 aliphatic heterocycles. The van der Waals surface area contributed by atoms with Crippen LogP contribution in [0.2, 0.25) is 0 Å². The topological polar surface area (TPSA) is 85.1 Å². The minimum absolute atomic E-state index is 0.192. The lowest BCUT2D eigenvalue weighted by Crippen LogP contribution is -2.23. The van der Waals surface area contributed by atoms with Crippen LogP contribution in [0.1, 0.15) is 42.2 Å². The normalized spacial score (nSPS) is 19.2. The number of nitrogens with one attached hydrogen (secondary N) is 1. The first kappa shape index (κ1) is 17.9. The maximum Gasteiger partial charge on any atom is 0.240 e. The van der Waals surface area contributed by atoms with Gasteiger partial charge in [-0.3, -0.25) is 0 Å². The Bertz CT molecular complexity index is 1080. The summed E-state index contributed by atoms with van der Waals surface area (Å²) in [6.45, 7) is 4.19. The van der Waals surface area contributed by atoms with Crippen molar-refractivity contribution >= 4 is 10.0 Å². The van der Waals surface area contributed by atoms with E-state index < -0.39 is 10.0 Å². The molecule has 0 spiro atoms. The Labute approximate surface area is 158 Å². The van der Waals surface area contributed by atoms with Gasteiger partial charge in [-0.15, -0.1) is 0 Å². The largest absolute Gasteiger partial charge is 0.339 e. The summed E-state index contributed by atoms with van der Waals surface area (Å²) in [5, 5.41) is 4.07. The van der Waals surface area contributed by atoms with E-state index >= 15 is 0 Å². The zero-order valence-corrected chi connectivity index (χ0v) is 16.0. The van der Waals surface area contributed by atoms with Crippen molar-refractivity contribution in [2.75, 3.05) is 6.54 Å². The van der Waals surface area contributed by atoms with Crippen LogP contribution in [0.3, 0.4) is 0 Å². The highest BCUT2D eigenvalue weighted by atomic mass is 32.2. The van der Waals surface area contributed by atoms with E-state index in [1.807, 2.05) is 12.1 Å². The number of hydrogen-bond acceptors (Lipinski definition) is 5. The Morgan fingerprint density at radius 2 is 1.96 bits per heavy atom. The Balaban J connectivity index is 1.57. The number of sulfonamides is 1. The summed E-state index contributed by atoms with van der Waals surface area (Å²) in [7, 11) is -3.52. The second-order valence-electron chi connectivity index (χ2n) is 6.79. The predicted octanol–water partition coefficient (Wildman–Crippen LogP) is 3.61. The molecular weight excluding hydrogens is 362 g/mol. The van der Waals surface area contributed by atoms with E-state index in [-0.39, 0.29) is 10.8 Å². The van der Waals surface area contributed by atoms with Crippen LogP contribution >= 0.6 is 0 Å². The average molecular weight is 383 g/mol. The van der Waals surface area contributed by atoms with Gasteiger partial charge in [-0.05, 0) is 42.5 Å². The van der Waals surface area contributed by atoms with Crippen LogP contribution in [0.4, 0.5) is 0 Å². The number of benzene rings is 2. The third kappa shape index (κ3) is 3.52. The summed E-state index contributed by atoms with van der Waals surface area (Å²) in [6.07, 6.45) is 0.987. The van der Waals surface area contributed by atoms with E-state index in [9.17, 15) is 8.42 Å². The molecular formula is C20H21N3O3S. The molecule has 2 atom stereocenters. The SMILES string of the molecule is CCNS(=O)(=O)c1cccc(-c2noc([C@@H]3C[C@H]3c3ccccc3C)n2)c1. The third-order valence-corrected chi connectivity index (χ3v) is 6.42. The molecule has 140 valence electrons. The Kier molecular flexibility index (Phi) is 4.57. The van der Waals surface area contributed by atoms with Gasteiger partial charge in [-0.2, -0.15) is 4.98 Å². The van der Waals surface area contributed by atoms with Crippen LogP contribution in [-0.4, -0.2) is 25.1 Å². The van der Waals surface area contributed by atoms with Gasteiger partial charge >= 0.3 is 0 Å². The fourth-order valence-electron chi connectivity index (χ4n) is 3.39. The average Bonchev–Trinajstić information content (AvgIpc) is 3.29. The molecule has 27 heavy (non-hydrogen) atoms. The van der Waals surface area contributed by atoms with Crippen molar-refractivity contribution in [2.24, 2.45) is 0 Å². The molecule has 0 saturated heterocycles. The van der Waals surface area contributed by atoms with E-state index in [0.717, 1.165) is 6.42 Å². The van der Waals surface area contributed by atoms with Gasteiger partial charge in [0.25, 0.3) is 0 Å². The highest BCUT2D eigenvalue weighted by Crippen LogP contribution is 2.54. The molecule has 6 nitrogen and oxygen atoms in total. The zero-order chi connectivity index (χ0) is 19.0. The van der Waals surface area contributed by atoms with Gasteiger partial charge in [0.2, 0.25) is 21.7 Å². The summed E-state index contributed by atoms with van der Waals surface area (Å²) >= 11 is 0. The fourth-order valence-corrected chi connectivity index (χ4v) is 4.48. The van der Waals surface area contributed by atoms with Crippen LogP contribution in [0.5, 0.6) is 0 Å². The van der Waals surface area contributed by atoms with Crippen molar-refractivity contribution in [1.29, 1.82) is 0 Å². The second-order valence-corrected chi connectivity index (χ2v) is 8.56. The number of aryl methyl sites for hydroxylation is 1. The van der Waals surface area contributed by atoms with E-state index in [0.29, 0.717) is 29.7 Å². The van der Waals surface area contributed by atoms with E-state index in [1.54, 1.807) is 31.2 Å². The zero-order valence-electron chi connectivity index (χ0n) is 15.2. The van der Waals surface area contributed by atoms with Gasteiger partial charge in [0.1, 0.15) is 0 Å². The first-order valence-corrected chi connectivity index (χ1v) is 10.5. The van der Waals surface area contributed by atoms with Gasteiger partial charge in [0, 0.05) is 18.0 Å². The smallest absolute Gasteiger partial charge is 0.240 e. The minimum Gasteiger partial charge on any atom is -0.339 e. The van der Waals surface area contributed by atoms with Crippen molar-refractivity contribution in [3.8, 4) is 11.4 Å². The maximum atomic E-state index is 12.2. The molecule has 0 radical (unpaired) electrons. The van der Waals surface area contributed by atoms with Crippen molar-refractivity contribution in [3.05, 3.63) is 65.5 Å². The van der Waals surface area contributed by atoms with Crippen molar-refractivity contribution in [2.45, 2.75) is 37.0 Å². The summed E-state index contributed by atoms with van der Waals surface area (Å²) < 4.78 is 32.4. The quantitative estimate of drug-likeness (QED) is 0.703. The van der Waals surface area contributed by atoms with Gasteiger partial charge in [0.15, 0.2) is 0 Å². The predicted molar refractivity (Wildman–Crippen MR) is 102 cm³/mol. The fraction of sp³-hybridized carbons (Fsp3) is 0.300. The van der Waals surface area contributed by atoms with Gasteiger partial charge in [0.05, 0.1) is 4.90 Å². The number of hydrogen-bond donors (Lipinski definition) is 1. The number of nitrogens with zero attached hydrogens (tertiary/aromatic N) is 2. The van der Waals surface area contributed by atoms with Crippen LogP contribution in [-0.2, 0) is 10.0 Å². The number of aromatic nitrogens is 2. The van der Waals surface area contributed by atoms with Gasteiger partial charge < -0.3 is 4.52 Å². The molecule has 3 aromatic rings. The summed E-state index contributed by atoms with van der Waals surface area (Å²) in [4.78, 5) is 4.72. The molecule has 2 aromatic carbocycles. The molecule has 1 aliphatic carbocycles. The standard InChI is InChI=1S/C20H21N3O3S/c1-3-21-27(24,25)15-9-6-8-14(11-15)19-22-20(26-23-19)18-12-17(18)16-10-5-4-7-13(16)2/h4-11,17-18,21H,3,12H2,1-2H3/t17-,18+/m0/s1. The molecule has 1 saturated carbocycles. The van der Waals surface area contributed by atoms with Crippen LogP contribution < -0.4 is 4.72 Å². The number of rotatable bonds is 6. The maximum absolute atomic E-state index is 12.2. The highest BCUT2D eigenvalue weighted by molar-refractivity contribution is 7.89. The van der Waals surface area contributed by atoms with Crippen molar-refractivity contribution in [1.82, 2.24) is 14.9 Å². The first-order chi connectivity index (χ1) is 13.0. The van der Waals surface area contributed by atoms with E-state index in [4.69, 9.17) is 4.52 Å². The monoisotopic (exact) mass is 383 g/mol. The molecule has 1 aromatic heterocycles. The Morgan fingerprint density at radius 3 is 2.74 bits per heavy atom. The molecule has 1 fully saturated rings. The lowest BCUT2D eigenvalue weighted by Gasteiger charge is -2.05. The molecule has 1 heterocycles. The van der Waals surface area contributed by atoms with E-state index in [1.165, 1.54) is 11.1 Å². The van der Waals surface area contributed by atoms with Crippen LogP contribution in [0.15, 0.2) is 57.9 Å². The van der Waals surface area contributed by atoms with Crippen molar-refractivity contribution < 1.29 is 12.9 Å². The molecule has 0 amide bonds. The van der Waals surface area contributed by atoms with Gasteiger partial charge in [-0.25, -0.2) is 13.1 Å². The summed E-state index contributed by atoms with van der Waals surface area (Å²) in [5.74, 6) is 1.65. The molecule has 4 rings (SSSR count). The van der Waals surface area contributed by atoms with Crippen LogP contribution in [0, 0.1) is 6.92 Å². The molecule has 1 N–H and O–H groups in total. The minimum atomic E-state index is -3.52. The second kappa shape index (κ2) is 6.90. The van der Waals surface area contributed by atoms with Crippen LogP contribution in [0.25, 0.3) is 11.4 Å². The molecule has 0 unspecified atom stereocenters. The first-order valence-electron chi connectivity index (χ1n) is 8.99.